The van der Waals surface area contributed by atoms with Crippen molar-refractivity contribution in [1.29, 1.82) is 0 Å². The molecule has 9 nitrogen and oxygen atoms in total. The van der Waals surface area contributed by atoms with E-state index in [9.17, 15) is 16.8 Å². The molecule has 1 aromatic heterocycles. The molecule has 2 aromatic carbocycles. The van der Waals surface area contributed by atoms with Gasteiger partial charge in [0.25, 0.3) is 0 Å². The van der Waals surface area contributed by atoms with Gasteiger partial charge < -0.3 is 8.37 Å². The molecule has 0 saturated heterocycles. The zero-order valence-corrected chi connectivity index (χ0v) is 16.3. The highest BCUT2D eigenvalue weighted by Crippen LogP contribution is 2.30. The van der Waals surface area contributed by atoms with Crippen LogP contribution in [0.5, 0.6) is 11.5 Å². The number of hydrogen-bond acceptors (Lipinski definition) is 7. The fourth-order valence-electron chi connectivity index (χ4n) is 2.61. The van der Waals surface area contributed by atoms with Gasteiger partial charge >= 0.3 is 20.8 Å². The third-order valence-corrected chi connectivity index (χ3v) is 4.54. The van der Waals surface area contributed by atoms with Gasteiger partial charge in [0.1, 0.15) is 11.5 Å². The molecule has 0 unspecified atom stereocenters. The standard InChI is InChI=1S/C18H15NO8S2/c20-28(21,22)26-17-7-4-13(5-8-17)14-6-9-18(27-29(23,24)25)15(11-14)12-16-3-1-2-10-19-16/h1-11H,12H2,(H,20,21,22)(H,23,24,25). The second-order valence-corrected chi connectivity index (χ2v) is 7.91. The lowest BCUT2D eigenvalue weighted by molar-refractivity contribution is 0.383. The first-order valence-electron chi connectivity index (χ1n) is 8.06. The Hall–Kier alpha value is -2.99. The Morgan fingerprint density at radius 3 is 2.03 bits per heavy atom. The third kappa shape index (κ3) is 6.26. The molecule has 0 aliphatic carbocycles. The summed E-state index contributed by atoms with van der Waals surface area (Å²) in [6, 6.07) is 15.7. The molecule has 11 heteroatoms. The Kier molecular flexibility index (Phi) is 5.84. The van der Waals surface area contributed by atoms with E-state index >= 15 is 0 Å². The monoisotopic (exact) mass is 437 g/mol. The third-order valence-electron chi connectivity index (χ3n) is 3.74. The second kappa shape index (κ2) is 8.17. The minimum absolute atomic E-state index is 0.0479. The molecule has 3 rings (SSSR count). The molecule has 152 valence electrons. The van der Waals surface area contributed by atoms with Crippen LogP contribution in [0.1, 0.15) is 11.3 Å². The first-order chi connectivity index (χ1) is 13.6. The SMILES string of the molecule is O=S(=O)(O)Oc1ccc(-c2ccc(OS(=O)(=O)O)c(Cc3ccccn3)c2)cc1. The molecule has 0 radical (unpaired) electrons. The zero-order valence-electron chi connectivity index (χ0n) is 14.7. The summed E-state index contributed by atoms with van der Waals surface area (Å²) in [7, 11) is -9.33. The van der Waals surface area contributed by atoms with Crippen LogP contribution in [0.25, 0.3) is 11.1 Å². The van der Waals surface area contributed by atoms with Crippen LogP contribution in [-0.2, 0) is 27.2 Å². The summed E-state index contributed by atoms with van der Waals surface area (Å²) in [5.74, 6) is -0.121. The maximum absolute atomic E-state index is 11.1. The van der Waals surface area contributed by atoms with E-state index in [1.807, 2.05) is 0 Å². The Morgan fingerprint density at radius 1 is 0.793 bits per heavy atom. The molecule has 0 bridgehead atoms. The van der Waals surface area contributed by atoms with Gasteiger partial charge in [0, 0.05) is 23.9 Å². The van der Waals surface area contributed by atoms with E-state index in [2.05, 4.69) is 13.4 Å². The van der Waals surface area contributed by atoms with E-state index in [0.717, 1.165) is 0 Å². The van der Waals surface area contributed by atoms with Gasteiger partial charge in [-0.15, -0.1) is 0 Å². The number of hydrogen-bond donors (Lipinski definition) is 2. The minimum Gasteiger partial charge on any atom is -0.362 e. The van der Waals surface area contributed by atoms with Gasteiger partial charge in [-0.1, -0.05) is 24.3 Å². The lowest BCUT2D eigenvalue weighted by Gasteiger charge is -2.12. The van der Waals surface area contributed by atoms with Crippen LogP contribution in [0, 0.1) is 0 Å². The molecule has 1 heterocycles. The van der Waals surface area contributed by atoms with Crippen LogP contribution in [0.2, 0.25) is 0 Å². The minimum atomic E-state index is -4.71. The highest BCUT2D eigenvalue weighted by atomic mass is 32.3. The van der Waals surface area contributed by atoms with Crippen molar-refractivity contribution >= 4 is 20.8 Å². The van der Waals surface area contributed by atoms with Crippen LogP contribution < -0.4 is 8.37 Å². The number of benzene rings is 2. The molecule has 0 atom stereocenters. The van der Waals surface area contributed by atoms with Crippen molar-refractivity contribution in [2.45, 2.75) is 6.42 Å². The molecule has 0 spiro atoms. The smallest absolute Gasteiger partial charge is 0.362 e. The Labute approximate surface area is 167 Å². The maximum atomic E-state index is 11.1. The van der Waals surface area contributed by atoms with Gasteiger partial charge in [0.2, 0.25) is 0 Å². The van der Waals surface area contributed by atoms with Crippen LogP contribution in [-0.4, -0.2) is 30.9 Å². The largest absolute Gasteiger partial charge is 0.446 e. The van der Waals surface area contributed by atoms with E-state index in [0.29, 0.717) is 22.4 Å². The van der Waals surface area contributed by atoms with Crippen molar-refractivity contribution in [3.63, 3.8) is 0 Å². The van der Waals surface area contributed by atoms with E-state index in [-0.39, 0.29) is 17.9 Å². The molecule has 3 aromatic rings. The summed E-state index contributed by atoms with van der Waals surface area (Å²) < 4.78 is 70.6. The molecule has 2 N–H and O–H groups in total. The average molecular weight is 437 g/mol. The van der Waals surface area contributed by atoms with Gasteiger partial charge in [0.15, 0.2) is 0 Å². The number of pyridine rings is 1. The summed E-state index contributed by atoms with van der Waals surface area (Å²) >= 11 is 0. The van der Waals surface area contributed by atoms with Gasteiger partial charge in [-0.3, -0.25) is 14.1 Å². The predicted octanol–water partition coefficient (Wildman–Crippen LogP) is 2.70. The predicted molar refractivity (Wildman–Crippen MR) is 103 cm³/mol. The van der Waals surface area contributed by atoms with Crippen molar-refractivity contribution in [1.82, 2.24) is 4.98 Å². The lowest BCUT2D eigenvalue weighted by Crippen LogP contribution is -2.09. The summed E-state index contributed by atoms with van der Waals surface area (Å²) in [5.41, 5.74) is 2.43. The van der Waals surface area contributed by atoms with E-state index in [4.69, 9.17) is 9.11 Å². The van der Waals surface area contributed by atoms with Crippen molar-refractivity contribution in [3.05, 3.63) is 78.1 Å². The number of rotatable bonds is 7. The van der Waals surface area contributed by atoms with Crippen molar-refractivity contribution in [2.24, 2.45) is 0 Å². The van der Waals surface area contributed by atoms with Crippen molar-refractivity contribution < 1.29 is 34.3 Å². The van der Waals surface area contributed by atoms with Crippen LogP contribution in [0.15, 0.2) is 66.9 Å². The first kappa shape index (κ1) is 20.7. The fraction of sp³-hybridized carbons (Fsp3) is 0.0556. The van der Waals surface area contributed by atoms with Crippen molar-refractivity contribution in [2.75, 3.05) is 0 Å². The number of aromatic nitrogens is 1. The van der Waals surface area contributed by atoms with E-state index in [1.54, 1.807) is 48.7 Å². The van der Waals surface area contributed by atoms with E-state index < -0.39 is 20.8 Å². The Morgan fingerprint density at radius 2 is 1.45 bits per heavy atom. The highest BCUT2D eigenvalue weighted by molar-refractivity contribution is 7.81. The van der Waals surface area contributed by atoms with Crippen LogP contribution in [0.4, 0.5) is 0 Å². The maximum Gasteiger partial charge on any atom is 0.446 e. The molecule has 0 aliphatic rings. The number of nitrogens with zero attached hydrogens (tertiary/aromatic N) is 1. The van der Waals surface area contributed by atoms with E-state index in [1.165, 1.54) is 18.2 Å². The van der Waals surface area contributed by atoms with Gasteiger partial charge in [0.05, 0.1) is 0 Å². The summed E-state index contributed by atoms with van der Waals surface area (Å²) in [6.45, 7) is 0. The summed E-state index contributed by atoms with van der Waals surface area (Å²) in [6.07, 6.45) is 1.83. The molecular weight excluding hydrogens is 422 g/mol. The van der Waals surface area contributed by atoms with Crippen LogP contribution in [0.3, 0.4) is 0 Å². The normalized spacial score (nSPS) is 11.8. The second-order valence-electron chi connectivity index (χ2n) is 5.87. The Bertz CT molecular complexity index is 1210. The van der Waals surface area contributed by atoms with Crippen LogP contribution >= 0.6 is 0 Å². The topological polar surface area (TPSA) is 140 Å². The van der Waals surface area contributed by atoms with Gasteiger partial charge in [-0.25, -0.2) is 0 Å². The summed E-state index contributed by atoms with van der Waals surface area (Å²) in [4.78, 5) is 4.20. The fourth-order valence-corrected chi connectivity index (χ4v) is 3.36. The van der Waals surface area contributed by atoms with Gasteiger partial charge in [-0.2, -0.15) is 16.8 Å². The zero-order chi connectivity index (χ0) is 21.1. The molecule has 0 fully saturated rings. The summed E-state index contributed by atoms with van der Waals surface area (Å²) in [5, 5.41) is 0. The quantitative estimate of drug-likeness (QED) is 0.534. The highest BCUT2D eigenvalue weighted by Gasteiger charge is 2.14. The average Bonchev–Trinajstić information content (AvgIpc) is 2.62. The Balaban J connectivity index is 1.96. The first-order valence-corrected chi connectivity index (χ1v) is 10.8. The molecule has 0 saturated carbocycles. The van der Waals surface area contributed by atoms with Gasteiger partial charge in [-0.05, 0) is 47.5 Å². The molecule has 0 aliphatic heterocycles. The molecule has 29 heavy (non-hydrogen) atoms. The molecule has 0 amide bonds. The van der Waals surface area contributed by atoms with Crippen molar-refractivity contribution in [3.8, 4) is 22.6 Å². The lowest BCUT2D eigenvalue weighted by atomic mass is 10.00. The molecular formula is C18H15NO8S2.